The van der Waals surface area contributed by atoms with Crippen molar-refractivity contribution in [1.82, 2.24) is 4.98 Å². The standard InChI is InChI=1S/C23H17F3N2O5S2/c1-2-33-14-9-10(7-8-13(14)29)15-16-18(34-19-17(15)35-22(32)27-19)21(31)28(20(16)30)12-6-4-3-5-11(12)23(24,25)26/h3-9,15-16,18,29H,2H2,1H3,(H,27,32)/t15-,16-,18+/m0/s1. The first-order chi connectivity index (χ1) is 16.6. The molecule has 0 bridgehead atoms. The molecule has 12 heteroatoms. The second-order valence-corrected chi connectivity index (χ2v) is 10.1. The molecule has 1 aromatic heterocycles. The summed E-state index contributed by atoms with van der Waals surface area (Å²) in [6, 6.07) is 8.90. The normalized spacial score (nSPS) is 21.7. The zero-order valence-electron chi connectivity index (χ0n) is 18.0. The molecule has 3 aromatic rings. The maximum atomic E-state index is 13.7. The number of aromatic hydroxyl groups is 1. The van der Waals surface area contributed by atoms with Gasteiger partial charge in [-0.3, -0.25) is 14.4 Å². The Hall–Kier alpha value is -3.25. The Morgan fingerprint density at radius 2 is 1.86 bits per heavy atom. The Morgan fingerprint density at radius 1 is 1.11 bits per heavy atom. The van der Waals surface area contributed by atoms with E-state index in [1.807, 2.05) is 0 Å². The van der Waals surface area contributed by atoms with Gasteiger partial charge in [-0.25, -0.2) is 4.90 Å². The largest absolute Gasteiger partial charge is 0.504 e. The molecule has 0 radical (unpaired) electrons. The number of fused-ring (bicyclic) bond motifs is 2. The molecule has 0 saturated carbocycles. The van der Waals surface area contributed by atoms with Gasteiger partial charge < -0.3 is 14.8 Å². The zero-order valence-corrected chi connectivity index (χ0v) is 19.6. The summed E-state index contributed by atoms with van der Waals surface area (Å²) in [4.78, 5) is 42.6. The summed E-state index contributed by atoms with van der Waals surface area (Å²) < 4.78 is 46.6. The van der Waals surface area contributed by atoms with Crippen LogP contribution >= 0.6 is 23.1 Å². The lowest BCUT2D eigenvalue weighted by Crippen LogP contribution is -2.33. The van der Waals surface area contributed by atoms with Crippen molar-refractivity contribution in [1.29, 1.82) is 0 Å². The maximum Gasteiger partial charge on any atom is 0.418 e. The number of para-hydroxylation sites is 1. The van der Waals surface area contributed by atoms with Crippen molar-refractivity contribution < 1.29 is 32.6 Å². The van der Waals surface area contributed by atoms with Crippen molar-refractivity contribution in [3.63, 3.8) is 0 Å². The van der Waals surface area contributed by atoms with E-state index in [4.69, 9.17) is 4.74 Å². The van der Waals surface area contributed by atoms with Gasteiger partial charge in [0, 0.05) is 10.8 Å². The summed E-state index contributed by atoms with van der Waals surface area (Å²) in [7, 11) is 0. The van der Waals surface area contributed by atoms with Crippen LogP contribution in [-0.2, 0) is 15.8 Å². The number of alkyl halides is 3. The lowest BCUT2D eigenvalue weighted by atomic mass is 9.83. The van der Waals surface area contributed by atoms with E-state index in [0.717, 1.165) is 35.2 Å². The Kier molecular flexibility index (Phi) is 5.67. The Balaban J connectivity index is 1.66. The molecule has 0 spiro atoms. The van der Waals surface area contributed by atoms with E-state index in [2.05, 4.69) is 4.98 Å². The number of thiazole rings is 1. The fourth-order valence-electron chi connectivity index (χ4n) is 4.52. The van der Waals surface area contributed by atoms with Gasteiger partial charge in [-0.1, -0.05) is 41.3 Å². The number of carbonyl (C=O) groups excluding carboxylic acids is 2. The van der Waals surface area contributed by atoms with Gasteiger partial charge in [0.15, 0.2) is 11.5 Å². The maximum absolute atomic E-state index is 13.7. The average Bonchev–Trinajstić information content (AvgIpc) is 3.29. The van der Waals surface area contributed by atoms with Gasteiger partial charge in [0.2, 0.25) is 11.8 Å². The summed E-state index contributed by atoms with van der Waals surface area (Å²) in [5, 5.41) is 9.47. The molecule has 2 aliphatic rings. The van der Waals surface area contributed by atoms with Crippen LogP contribution in [0.1, 0.15) is 28.8 Å². The van der Waals surface area contributed by atoms with Gasteiger partial charge in [-0.15, -0.1) is 0 Å². The van der Waals surface area contributed by atoms with Crippen LogP contribution in [0, 0.1) is 5.92 Å². The highest BCUT2D eigenvalue weighted by molar-refractivity contribution is 8.00. The predicted molar refractivity (Wildman–Crippen MR) is 123 cm³/mol. The molecule has 7 nitrogen and oxygen atoms in total. The number of aromatic amines is 1. The van der Waals surface area contributed by atoms with Crippen molar-refractivity contribution in [2.75, 3.05) is 11.5 Å². The second-order valence-electron chi connectivity index (χ2n) is 7.94. The third-order valence-electron chi connectivity index (χ3n) is 5.92. The van der Waals surface area contributed by atoms with E-state index in [9.17, 15) is 32.7 Å². The molecule has 1 fully saturated rings. The number of phenolic OH excluding ortho intramolecular Hbond substituents is 1. The number of nitrogens with zero attached hydrogens (tertiary/aromatic N) is 1. The number of hydrogen-bond acceptors (Lipinski definition) is 7. The molecular formula is C23H17F3N2O5S2. The number of benzene rings is 2. The van der Waals surface area contributed by atoms with Crippen LogP contribution < -0.4 is 14.5 Å². The number of nitrogens with one attached hydrogen (secondary N) is 1. The Labute approximate surface area is 204 Å². The number of imide groups is 1. The summed E-state index contributed by atoms with van der Waals surface area (Å²) >= 11 is 1.84. The first-order valence-electron chi connectivity index (χ1n) is 10.5. The first kappa shape index (κ1) is 23.5. The van der Waals surface area contributed by atoms with Gasteiger partial charge in [0.25, 0.3) is 0 Å². The van der Waals surface area contributed by atoms with Crippen LogP contribution in [0.4, 0.5) is 18.9 Å². The molecule has 35 heavy (non-hydrogen) atoms. The van der Waals surface area contributed by atoms with Crippen molar-refractivity contribution in [3.8, 4) is 11.5 Å². The molecule has 1 saturated heterocycles. The number of halogens is 3. The number of phenols is 1. The van der Waals surface area contributed by atoms with Gasteiger partial charge in [0.05, 0.1) is 28.8 Å². The smallest absolute Gasteiger partial charge is 0.418 e. The van der Waals surface area contributed by atoms with Gasteiger partial charge in [-0.05, 0) is 36.8 Å². The number of H-pyrrole nitrogens is 1. The number of thioether (sulfide) groups is 1. The van der Waals surface area contributed by atoms with E-state index >= 15 is 0 Å². The van der Waals surface area contributed by atoms with Gasteiger partial charge >= 0.3 is 11.0 Å². The van der Waals surface area contributed by atoms with Crippen LogP contribution in [0.15, 0.2) is 52.3 Å². The third-order valence-corrected chi connectivity index (χ3v) is 8.32. The first-order valence-corrected chi connectivity index (χ1v) is 12.2. The van der Waals surface area contributed by atoms with Crippen molar-refractivity contribution in [2.45, 2.75) is 29.3 Å². The monoisotopic (exact) mass is 522 g/mol. The lowest BCUT2D eigenvalue weighted by Gasteiger charge is -2.30. The highest BCUT2D eigenvalue weighted by atomic mass is 32.2. The van der Waals surface area contributed by atoms with Crippen LogP contribution in [-0.4, -0.2) is 33.8 Å². The molecule has 0 aliphatic carbocycles. The topological polar surface area (TPSA) is 99.7 Å². The van der Waals surface area contributed by atoms with E-state index in [1.54, 1.807) is 13.0 Å². The number of rotatable bonds is 4. The third kappa shape index (κ3) is 3.80. The summed E-state index contributed by atoms with van der Waals surface area (Å²) in [6.07, 6.45) is -4.77. The van der Waals surface area contributed by atoms with Crippen molar-refractivity contribution in [2.24, 2.45) is 5.92 Å². The molecular weight excluding hydrogens is 505 g/mol. The highest BCUT2D eigenvalue weighted by Gasteiger charge is 2.57. The average molecular weight is 523 g/mol. The fourth-order valence-corrected chi connectivity index (χ4v) is 7.03. The van der Waals surface area contributed by atoms with Crippen LogP contribution in [0.2, 0.25) is 0 Å². The van der Waals surface area contributed by atoms with Crippen molar-refractivity contribution in [3.05, 3.63) is 68.1 Å². The number of ether oxygens (including phenoxy) is 1. The lowest BCUT2D eigenvalue weighted by molar-refractivity contribution is -0.137. The van der Waals surface area contributed by atoms with E-state index < -0.39 is 46.3 Å². The fraction of sp³-hybridized carbons (Fsp3) is 0.261. The summed E-state index contributed by atoms with van der Waals surface area (Å²) in [5.74, 6) is -3.42. The number of amides is 2. The molecule has 3 heterocycles. The molecule has 182 valence electrons. The Morgan fingerprint density at radius 3 is 2.57 bits per heavy atom. The quantitative estimate of drug-likeness (QED) is 0.494. The number of carbonyl (C=O) groups is 2. The van der Waals surface area contributed by atoms with Crippen LogP contribution in [0.5, 0.6) is 11.5 Å². The SMILES string of the molecule is CCOc1cc([C@@H]2c3sc(=O)[nH]c3S[C@H]3C(=O)N(c4ccccc4C(F)(F)F)C(=O)[C@@H]23)ccc1O. The van der Waals surface area contributed by atoms with Crippen LogP contribution in [0.3, 0.4) is 0 Å². The van der Waals surface area contributed by atoms with Crippen LogP contribution in [0.25, 0.3) is 0 Å². The molecule has 2 aromatic carbocycles. The minimum atomic E-state index is -4.77. The predicted octanol–water partition coefficient (Wildman–Crippen LogP) is 4.36. The molecule has 2 aliphatic heterocycles. The highest BCUT2D eigenvalue weighted by Crippen LogP contribution is 2.54. The number of anilines is 1. The van der Waals surface area contributed by atoms with Gasteiger partial charge in [0.1, 0.15) is 5.25 Å². The summed E-state index contributed by atoms with van der Waals surface area (Å²) in [5.41, 5.74) is -1.13. The van der Waals surface area contributed by atoms with E-state index in [1.165, 1.54) is 24.3 Å². The molecule has 5 rings (SSSR count). The van der Waals surface area contributed by atoms with E-state index in [0.29, 0.717) is 20.4 Å². The van der Waals surface area contributed by atoms with E-state index in [-0.39, 0.29) is 23.0 Å². The molecule has 2 amide bonds. The molecule has 2 N–H and O–H groups in total. The second kappa shape index (κ2) is 8.45. The number of hydrogen-bond donors (Lipinski definition) is 2. The van der Waals surface area contributed by atoms with Crippen molar-refractivity contribution >= 4 is 40.6 Å². The molecule has 0 unspecified atom stereocenters. The summed E-state index contributed by atoms with van der Waals surface area (Å²) in [6.45, 7) is 1.98. The van der Waals surface area contributed by atoms with Gasteiger partial charge in [-0.2, -0.15) is 13.2 Å². The minimum Gasteiger partial charge on any atom is -0.504 e. The zero-order chi connectivity index (χ0) is 25.1. The molecule has 3 atom stereocenters. The number of aromatic nitrogens is 1. The Bertz CT molecular complexity index is 1400. The minimum absolute atomic E-state index is 0.130.